The Morgan fingerprint density at radius 1 is 1.26 bits per heavy atom. The van der Waals surface area contributed by atoms with E-state index in [1.165, 1.54) is 18.4 Å². The molecule has 1 unspecified atom stereocenters. The fraction of sp³-hybridized carbons (Fsp3) is 0.429. The molecule has 1 aromatic carbocycles. The summed E-state index contributed by atoms with van der Waals surface area (Å²) >= 11 is 0. The molecule has 0 aliphatic carbocycles. The summed E-state index contributed by atoms with van der Waals surface area (Å²) in [6, 6.07) is 9.94. The van der Waals surface area contributed by atoms with Crippen molar-refractivity contribution in [2.24, 2.45) is 0 Å². The minimum atomic E-state index is 0.262. The number of aryl methyl sites for hydroxylation is 1. The van der Waals surface area contributed by atoms with Crippen molar-refractivity contribution in [1.29, 1.82) is 0 Å². The monoisotopic (exact) mass is 365 g/mol. The van der Waals surface area contributed by atoms with Crippen LogP contribution in [0.3, 0.4) is 0 Å². The van der Waals surface area contributed by atoms with Crippen LogP contribution in [-0.2, 0) is 6.54 Å². The number of piperazine rings is 1. The van der Waals surface area contributed by atoms with Crippen LogP contribution in [0.25, 0.3) is 22.3 Å². The molecule has 2 aromatic heterocycles. The lowest BCUT2D eigenvalue weighted by Crippen LogP contribution is -2.50. The van der Waals surface area contributed by atoms with E-state index in [4.69, 9.17) is 4.98 Å². The quantitative estimate of drug-likeness (QED) is 0.647. The molecule has 27 heavy (non-hydrogen) atoms. The van der Waals surface area contributed by atoms with Gasteiger partial charge in [-0.2, -0.15) is 5.10 Å². The number of nitrogens with one attached hydrogen (secondary N) is 2. The van der Waals surface area contributed by atoms with Gasteiger partial charge in [-0.25, -0.2) is 4.98 Å². The number of H-pyrrole nitrogens is 1. The number of fused-ring (bicyclic) bond motifs is 1. The first-order chi connectivity index (χ1) is 13.1. The van der Waals surface area contributed by atoms with Crippen molar-refractivity contribution in [2.45, 2.75) is 39.3 Å². The highest BCUT2D eigenvalue weighted by Gasteiger charge is 2.21. The standard InChI is InChI=1S/C21H27N5O/c1-3-4-17-13-26(10-9-22-17)12-16-11-19(15-5-7-18(27)8-6-15)23-21-20(16)14(2)24-25-21/h5-8,11,17,22,27H,3-4,9-10,12-13H2,1-2H3,(H,23,24,25). The fourth-order valence-corrected chi connectivity index (χ4v) is 3.99. The highest BCUT2D eigenvalue weighted by Crippen LogP contribution is 2.28. The van der Waals surface area contributed by atoms with Gasteiger partial charge in [0.25, 0.3) is 0 Å². The molecular weight excluding hydrogens is 338 g/mol. The average Bonchev–Trinajstić information content (AvgIpc) is 3.04. The molecule has 1 atom stereocenters. The van der Waals surface area contributed by atoms with Gasteiger partial charge in [-0.05, 0) is 49.2 Å². The molecule has 0 spiro atoms. The Hall–Kier alpha value is -2.44. The Kier molecular flexibility index (Phi) is 5.09. The first-order valence-corrected chi connectivity index (χ1v) is 9.73. The number of aromatic hydroxyl groups is 1. The summed E-state index contributed by atoms with van der Waals surface area (Å²) in [7, 11) is 0. The number of hydrogen-bond donors (Lipinski definition) is 3. The number of pyridine rings is 1. The molecule has 6 nitrogen and oxygen atoms in total. The third-order valence-corrected chi connectivity index (χ3v) is 5.32. The summed E-state index contributed by atoms with van der Waals surface area (Å²) in [5.74, 6) is 0.262. The number of rotatable bonds is 5. The third kappa shape index (κ3) is 3.82. The van der Waals surface area contributed by atoms with Gasteiger partial charge in [0, 0.05) is 48.9 Å². The normalized spacial score (nSPS) is 18.2. The number of phenolic OH excluding ortho intramolecular Hbond substituents is 1. The average molecular weight is 365 g/mol. The predicted octanol–water partition coefficient (Wildman–Crippen LogP) is 3.21. The van der Waals surface area contributed by atoms with Crippen LogP contribution in [0.5, 0.6) is 5.75 Å². The van der Waals surface area contributed by atoms with Crippen LogP contribution in [0.2, 0.25) is 0 Å². The van der Waals surface area contributed by atoms with Gasteiger partial charge in [-0.1, -0.05) is 13.3 Å². The maximum absolute atomic E-state index is 9.57. The molecule has 3 heterocycles. The molecule has 0 bridgehead atoms. The summed E-state index contributed by atoms with van der Waals surface area (Å²) in [5, 5.41) is 21.8. The van der Waals surface area contributed by atoms with Gasteiger partial charge in [0.1, 0.15) is 5.75 Å². The smallest absolute Gasteiger partial charge is 0.182 e. The van der Waals surface area contributed by atoms with Gasteiger partial charge >= 0.3 is 0 Å². The molecule has 0 saturated carbocycles. The van der Waals surface area contributed by atoms with Crippen LogP contribution >= 0.6 is 0 Å². The number of phenols is 1. The minimum absolute atomic E-state index is 0.262. The van der Waals surface area contributed by atoms with E-state index in [9.17, 15) is 5.11 Å². The zero-order valence-corrected chi connectivity index (χ0v) is 16.0. The van der Waals surface area contributed by atoms with Gasteiger partial charge in [-0.15, -0.1) is 0 Å². The van der Waals surface area contributed by atoms with Gasteiger partial charge < -0.3 is 10.4 Å². The summed E-state index contributed by atoms with van der Waals surface area (Å²) in [6.45, 7) is 8.35. The Morgan fingerprint density at radius 2 is 2.07 bits per heavy atom. The molecule has 142 valence electrons. The van der Waals surface area contributed by atoms with Crippen molar-refractivity contribution in [2.75, 3.05) is 19.6 Å². The van der Waals surface area contributed by atoms with Crippen LogP contribution in [0.1, 0.15) is 31.0 Å². The lowest BCUT2D eigenvalue weighted by molar-refractivity contribution is 0.187. The molecule has 1 fully saturated rings. The number of benzene rings is 1. The molecule has 4 rings (SSSR count). The van der Waals surface area contributed by atoms with Crippen LogP contribution < -0.4 is 5.32 Å². The maximum Gasteiger partial charge on any atom is 0.182 e. The van der Waals surface area contributed by atoms with Crippen molar-refractivity contribution in [3.05, 3.63) is 41.6 Å². The van der Waals surface area contributed by atoms with E-state index in [0.717, 1.165) is 54.2 Å². The topological polar surface area (TPSA) is 77.1 Å². The van der Waals surface area contributed by atoms with Crippen LogP contribution in [0.15, 0.2) is 30.3 Å². The van der Waals surface area contributed by atoms with Crippen molar-refractivity contribution < 1.29 is 5.11 Å². The molecule has 0 amide bonds. The lowest BCUT2D eigenvalue weighted by Gasteiger charge is -2.33. The Labute approximate surface area is 159 Å². The van der Waals surface area contributed by atoms with Crippen molar-refractivity contribution in [3.63, 3.8) is 0 Å². The second-order valence-corrected chi connectivity index (χ2v) is 7.44. The first kappa shape index (κ1) is 17.9. The maximum atomic E-state index is 9.57. The van der Waals surface area contributed by atoms with E-state index in [1.807, 2.05) is 12.1 Å². The lowest BCUT2D eigenvalue weighted by atomic mass is 10.0. The second-order valence-electron chi connectivity index (χ2n) is 7.44. The van der Waals surface area contributed by atoms with Crippen molar-refractivity contribution >= 4 is 11.0 Å². The van der Waals surface area contributed by atoms with Crippen LogP contribution in [0, 0.1) is 6.92 Å². The zero-order valence-electron chi connectivity index (χ0n) is 16.0. The number of aromatic amines is 1. The molecule has 6 heteroatoms. The second kappa shape index (κ2) is 7.66. The molecule has 1 aliphatic heterocycles. The van der Waals surface area contributed by atoms with Gasteiger partial charge in [-0.3, -0.25) is 10.00 Å². The van der Waals surface area contributed by atoms with E-state index in [-0.39, 0.29) is 5.75 Å². The Balaban J connectivity index is 1.68. The predicted molar refractivity (Wildman–Crippen MR) is 108 cm³/mol. The Bertz CT molecular complexity index is 916. The molecule has 3 aromatic rings. The highest BCUT2D eigenvalue weighted by molar-refractivity contribution is 5.84. The molecule has 0 radical (unpaired) electrons. The fourth-order valence-electron chi connectivity index (χ4n) is 3.99. The summed E-state index contributed by atoms with van der Waals surface area (Å²) < 4.78 is 0. The number of aromatic nitrogens is 3. The first-order valence-electron chi connectivity index (χ1n) is 9.73. The van der Waals surface area contributed by atoms with Crippen LogP contribution in [0.4, 0.5) is 0 Å². The van der Waals surface area contributed by atoms with E-state index in [2.05, 4.69) is 40.3 Å². The minimum Gasteiger partial charge on any atom is -0.508 e. The molecule has 1 aliphatic rings. The van der Waals surface area contributed by atoms with E-state index in [1.54, 1.807) is 12.1 Å². The summed E-state index contributed by atoms with van der Waals surface area (Å²) in [4.78, 5) is 7.27. The highest BCUT2D eigenvalue weighted by atomic mass is 16.3. The summed E-state index contributed by atoms with van der Waals surface area (Å²) in [5.41, 5.74) is 4.95. The van der Waals surface area contributed by atoms with E-state index < -0.39 is 0 Å². The van der Waals surface area contributed by atoms with Gasteiger partial charge in [0.2, 0.25) is 0 Å². The largest absolute Gasteiger partial charge is 0.508 e. The van der Waals surface area contributed by atoms with Crippen LogP contribution in [-0.4, -0.2) is 50.9 Å². The van der Waals surface area contributed by atoms with E-state index >= 15 is 0 Å². The molecule has 3 N–H and O–H groups in total. The van der Waals surface area contributed by atoms with Gasteiger partial charge in [0.15, 0.2) is 5.65 Å². The molecule has 1 saturated heterocycles. The molecular formula is C21H27N5O. The van der Waals surface area contributed by atoms with E-state index in [0.29, 0.717) is 6.04 Å². The SMILES string of the molecule is CCCC1CN(Cc2cc(-c3ccc(O)cc3)nc3n[nH]c(C)c23)CCN1. The zero-order chi connectivity index (χ0) is 18.8. The number of nitrogens with zero attached hydrogens (tertiary/aromatic N) is 3. The van der Waals surface area contributed by atoms with Crippen molar-refractivity contribution in [1.82, 2.24) is 25.4 Å². The summed E-state index contributed by atoms with van der Waals surface area (Å²) in [6.07, 6.45) is 2.42. The van der Waals surface area contributed by atoms with Crippen molar-refractivity contribution in [3.8, 4) is 17.0 Å². The third-order valence-electron chi connectivity index (χ3n) is 5.32. The Morgan fingerprint density at radius 3 is 2.85 bits per heavy atom. The van der Waals surface area contributed by atoms with Gasteiger partial charge in [0.05, 0.1) is 5.69 Å². The number of hydrogen-bond acceptors (Lipinski definition) is 5.